The second-order valence-electron chi connectivity index (χ2n) is 10.2. The number of rotatable bonds is 11. The van der Waals surface area contributed by atoms with Crippen LogP contribution in [0.3, 0.4) is 0 Å². The molecule has 212 valence electrons. The van der Waals surface area contributed by atoms with Crippen LogP contribution in [0, 0.1) is 6.92 Å². The van der Waals surface area contributed by atoms with Crippen LogP contribution in [0.15, 0.2) is 42.6 Å². The average Bonchev–Trinajstić information content (AvgIpc) is 3.27. The third-order valence-electron chi connectivity index (χ3n) is 6.48. The van der Waals surface area contributed by atoms with E-state index in [2.05, 4.69) is 15.7 Å². The summed E-state index contributed by atoms with van der Waals surface area (Å²) in [7, 11) is 0. The molecule has 3 rings (SSSR count). The monoisotopic (exact) mass is 548 g/mol. The van der Waals surface area contributed by atoms with Crippen LogP contribution in [-0.4, -0.2) is 75.1 Å². The topological polar surface area (TPSA) is 126 Å². The molecule has 5 N–H and O–H groups in total. The predicted molar refractivity (Wildman–Crippen MR) is 144 cm³/mol. The minimum absolute atomic E-state index is 0.198. The summed E-state index contributed by atoms with van der Waals surface area (Å²) in [4.78, 5) is 25.0. The van der Waals surface area contributed by atoms with Crippen molar-refractivity contribution in [3.05, 3.63) is 53.7 Å². The molecule has 1 unspecified atom stereocenters. The lowest BCUT2D eigenvalue weighted by Crippen LogP contribution is -2.59. The number of carbonyl (C=O) groups is 2. The summed E-state index contributed by atoms with van der Waals surface area (Å²) in [6, 6.07) is 9.64. The molecule has 12 heteroatoms. The van der Waals surface area contributed by atoms with Gasteiger partial charge in [0.2, 0.25) is 5.91 Å². The normalized spacial score (nSPS) is 13.7. The Kier molecular flexibility index (Phi) is 8.91. The molecule has 0 radical (unpaired) electrons. The molecule has 2 aromatic carbocycles. The number of nitrogens with two attached hydrogens (primary N) is 1. The number of hydrogen-bond acceptors (Lipinski definition) is 6. The van der Waals surface area contributed by atoms with Crippen molar-refractivity contribution in [1.29, 1.82) is 0 Å². The van der Waals surface area contributed by atoms with E-state index in [4.69, 9.17) is 5.73 Å². The van der Waals surface area contributed by atoms with E-state index in [1.165, 1.54) is 6.20 Å². The minimum Gasteiger partial charge on any atom is -0.381 e. The van der Waals surface area contributed by atoms with Gasteiger partial charge in [0.15, 0.2) is 5.60 Å². The summed E-state index contributed by atoms with van der Waals surface area (Å²) >= 11 is 0. The maximum Gasteiger partial charge on any atom is 0.420 e. The molecule has 0 saturated carbocycles. The van der Waals surface area contributed by atoms with Gasteiger partial charge in [-0.3, -0.25) is 14.5 Å². The zero-order valence-electron chi connectivity index (χ0n) is 22.6. The summed E-state index contributed by atoms with van der Waals surface area (Å²) in [6.45, 7) is 7.31. The Bertz CT molecular complexity index is 1330. The largest absolute Gasteiger partial charge is 0.420 e. The second kappa shape index (κ2) is 11.6. The van der Waals surface area contributed by atoms with Gasteiger partial charge in [0.1, 0.15) is 0 Å². The molecule has 3 aromatic rings. The van der Waals surface area contributed by atoms with E-state index in [-0.39, 0.29) is 24.2 Å². The van der Waals surface area contributed by atoms with Crippen molar-refractivity contribution in [2.24, 2.45) is 5.73 Å². The molecule has 0 bridgehead atoms. The van der Waals surface area contributed by atoms with E-state index in [0.717, 1.165) is 5.56 Å². The first-order valence-electron chi connectivity index (χ1n) is 12.6. The molecule has 0 aliphatic rings. The predicted octanol–water partition coefficient (Wildman–Crippen LogP) is 3.37. The number of aliphatic hydroxyl groups is 1. The fourth-order valence-electron chi connectivity index (χ4n) is 4.42. The number of primary amides is 1. The van der Waals surface area contributed by atoms with Crippen LogP contribution in [0.1, 0.15) is 43.6 Å². The van der Waals surface area contributed by atoms with Crippen LogP contribution in [0.4, 0.5) is 18.9 Å². The highest BCUT2D eigenvalue weighted by molar-refractivity contribution is 5.97. The summed E-state index contributed by atoms with van der Waals surface area (Å²) in [5, 5.41) is 21.0. The van der Waals surface area contributed by atoms with Crippen molar-refractivity contribution in [1.82, 2.24) is 20.0 Å². The zero-order chi connectivity index (χ0) is 29.1. The van der Waals surface area contributed by atoms with Gasteiger partial charge in [-0.2, -0.15) is 18.3 Å². The van der Waals surface area contributed by atoms with Gasteiger partial charge in [0.05, 0.1) is 30.5 Å². The van der Waals surface area contributed by atoms with Gasteiger partial charge in [-0.15, -0.1) is 0 Å². The van der Waals surface area contributed by atoms with Crippen LogP contribution < -0.4 is 16.4 Å². The Morgan fingerprint density at radius 1 is 1.13 bits per heavy atom. The summed E-state index contributed by atoms with van der Waals surface area (Å²) in [6.07, 6.45) is -3.36. The lowest BCUT2D eigenvalue weighted by molar-refractivity contribution is -0.261. The molecule has 1 heterocycles. The van der Waals surface area contributed by atoms with Crippen LogP contribution in [0.2, 0.25) is 0 Å². The Morgan fingerprint density at radius 3 is 2.38 bits per heavy atom. The molecule has 0 aliphatic carbocycles. The molecular formula is C27H35F3N6O3. The van der Waals surface area contributed by atoms with Gasteiger partial charge in [-0.05, 0) is 70.5 Å². The smallest absolute Gasteiger partial charge is 0.381 e. The number of benzene rings is 2. The zero-order valence-corrected chi connectivity index (χ0v) is 22.6. The molecule has 39 heavy (non-hydrogen) atoms. The fourth-order valence-corrected chi connectivity index (χ4v) is 4.42. The number of carbonyl (C=O) groups excluding carboxylic acids is 2. The number of hydrogen-bond donors (Lipinski definition) is 4. The summed E-state index contributed by atoms with van der Waals surface area (Å²) in [5.41, 5.74) is 4.62. The Labute approximate surface area is 225 Å². The summed E-state index contributed by atoms with van der Waals surface area (Å²) < 4.78 is 43.9. The van der Waals surface area contributed by atoms with E-state index in [1.807, 2.05) is 6.07 Å². The third kappa shape index (κ3) is 6.87. The molecule has 1 aromatic heterocycles. The van der Waals surface area contributed by atoms with E-state index < -0.39 is 36.7 Å². The molecule has 2 amide bonds. The molecule has 0 saturated heterocycles. The molecule has 1 atom stereocenters. The number of halogens is 3. The standard InChI is InChI=1S/C27H35F3N6O3/c1-16(2)35(17(3)4)15-26(39,27(28,29)30)14-33-22-9-18(5)10-23-21(22)12-34-36(23)20-8-6-7-19(11-20)25(38)32-13-24(31)37/h6-12,16-17,33,39H,13-15H2,1-5H3,(H2,31,37)(H,32,38). The Balaban J connectivity index is 1.94. The number of anilines is 1. The number of aromatic nitrogens is 2. The lowest BCUT2D eigenvalue weighted by atomic mass is 10.00. The van der Waals surface area contributed by atoms with Crippen molar-refractivity contribution in [2.45, 2.75) is 58.5 Å². The van der Waals surface area contributed by atoms with Gasteiger partial charge in [-0.25, -0.2) is 4.68 Å². The van der Waals surface area contributed by atoms with Crippen LogP contribution >= 0.6 is 0 Å². The maximum atomic E-state index is 14.1. The van der Waals surface area contributed by atoms with Gasteiger partial charge >= 0.3 is 6.18 Å². The number of alkyl halides is 3. The third-order valence-corrected chi connectivity index (χ3v) is 6.48. The number of nitrogens with one attached hydrogen (secondary N) is 2. The average molecular weight is 549 g/mol. The van der Waals surface area contributed by atoms with Gasteiger partial charge < -0.3 is 21.5 Å². The molecule has 0 aliphatic heterocycles. The minimum atomic E-state index is -4.87. The van der Waals surface area contributed by atoms with Gasteiger partial charge in [-0.1, -0.05) is 6.07 Å². The van der Waals surface area contributed by atoms with E-state index in [0.29, 0.717) is 22.3 Å². The van der Waals surface area contributed by atoms with Crippen molar-refractivity contribution in [2.75, 3.05) is 25.0 Å². The van der Waals surface area contributed by atoms with Crippen LogP contribution in [0.5, 0.6) is 0 Å². The van der Waals surface area contributed by atoms with Crippen molar-refractivity contribution in [3.63, 3.8) is 0 Å². The molecule has 0 spiro atoms. The van der Waals surface area contributed by atoms with Crippen molar-refractivity contribution < 1.29 is 27.9 Å². The highest BCUT2D eigenvalue weighted by Gasteiger charge is 2.54. The number of amides is 2. The Morgan fingerprint density at radius 2 is 1.79 bits per heavy atom. The van der Waals surface area contributed by atoms with Gasteiger partial charge in [0.25, 0.3) is 5.91 Å². The maximum absolute atomic E-state index is 14.1. The molecule has 9 nitrogen and oxygen atoms in total. The van der Waals surface area contributed by atoms with Gasteiger partial charge in [0, 0.05) is 35.3 Å². The quantitative estimate of drug-likeness (QED) is 0.291. The summed E-state index contributed by atoms with van der Waals surface area (Å²) in [5.74, 6) is -1.17. The first-order chi connectivity index (χ1) is 18.1. The second-order valence-corrected chi connectivity index (χ2v) is 10.2. The lowest BCUT2D eigenvalue weighted by Gasteiger charge is -2.39. The number of aryl methyl sites for hydroxylation is 1. The van der Waals surface area contributed by atoms with E-state index in [9.17, 15) is 27.9 Å². The van der Waals surface area contributed by atoms with Crippen molar-refractivity contribution >= 4 is 28.4 Å². The highest BCUT2D eigenvalue weighted by Crippen LogP contribution is 2.34. The fraction of sp³-hybridized carbons (Fsp3) is 0.444. The molecular weight excluding hydrogens is 513 g/mol. The molecule has 0 fully saturated rings. The van der Waals surface area contributed by atoms with Crippen LogP contribution in [0.25, 0.3) is 16.6 Å². The highest BCUT2D eigenvalue weighted by atomic mass is 19.4. The van der Waals surface area contributed by atoms with Crippen LogP contribution in [-0.2, 0) is 4.79 Å². The number of nitrogens with zero attached hydrogens (tertiary/aromatic N) is 3. The first kappa shape index (κ1) is 29.9. The first-order valence-corrected chi connectivity index (χ1v) is 12.6. The SMILES string of the molecule is Cc1cc(NCC(O)(CN(C(C)C)C(C)C)C(F)(F)F)c2cnn(-c3cccc(C(=O)NCC(N)=O)c3)c2c1. The van der Waals surface area contributed by atoms with E-state index >= 15 is 0 Å². The van der Waals surface area contributed by atoms with E-state index in [1.54, 1.807) is 74.5 Å². The number of fused-ring (bicyclic) bond motifs is 1. The van der Waals surface area contributed by atoms with Crippen molar-refractivity contribution in [3.8, 4) is 5.69 Å². The Hall–Kier alpha value is -3.64.